The lowest BCUT2D eigenvalue weighted by Gasteiger charge is -2.12. The zero-order chi connectivity index (χ0) is 8.81. The van der Waals surface area contributed by atoms with Crippen molar-refractivity contribution in [3.63, 3.8) is 0 Å². The van der Waals surface area contributed by atoms with E-state index in [9.17, 15) is 4.79 Å². The highest BCUT2D eigenvalue weighted by atomic mass is 16.6. The fourth-order valence-electron chi connectivity index (χ4n) is 0.869. The van der Waals surface area contributed by atoms with Crippen molar-refractivity contribution in [2.75, 3.05) is 13.2 Å². The van der Waals surface area contributed by atoms with Gasteiger partial charge in [-0.15, -0.1) is 0 Å². The van der Waals surface area contributed by atoms with E-state index >= 15 is 0 Å². The minimum absolute atomic E-state index is 0.223. The van der Waals surface area contributed by atoms with Gasteiger partial charge in [-0.3, -0.25) is 0 Å². The lowest BCUT2D eigenvalue weighted by Crippen LogP contribution is -2.14. The molecule has 4 nitrogen and oxygen atoms in total. The first-order chi connectivity index (χ1) is 5.84. The van der Waals surface area contributed by atoms with Crippen LogP contribution in [0.3, 0.4) is 0 Å². The normalized spacial score (nSPS) is 15.4. The van der Waals surface area contributed by atoms with E-state index in [1.807, 2.05) is 0 Å². The Morgan fingerprint density at radius 2 is 2.67 bits per heavy atom. The molecule has 64 valence electrons. The number of nitriles is 1. The van der Waals surface area contributed by atoms with Gasteiger partial charge in [-0.1, -0.05) is 0 Å². The van der Waals surface area contributed by atoms with Crippen molar-refractivity contribution in [1.82, 2.24) is 0 Å². The molecule has 0 unspecified atom stereocenters. The zero-order valence-electron chi connectivity index (χ0n) is 6.58. The van der Waals surface area contributed by atoms with Crippen LogP contribution in [0.4, 0.5) is 0 Å². The fourth-order valence-corrected chi connectivity index (χ4v) is 0.869. The van der Waals surface area contributed by atoms with Gasteiger partial charge in [0.25, 0.3) is 0 Å². The molecule has 0 amide bonds. The lowest BCUT2D eigenvalue weighted by atomic mass is 10.2. The Morgan fingerprint density at radius 3 is 3.25 bits per heavy atom. The third-order valence-electron chi connectivity index (χ3n) is 1.40. The van der Waals surface area contributed by atoms with Crippen molar-refractivity contribution in [2.45, 2.75) is 12.8 Å². The van der Waals surface area contributed by atoms with Crippen LogP contribution < -0.4 is 0 Å². The molecule has 0 N–H and O–H groups in total. The summed E-state index contributed by atoms with van der Waals surface area (Å²) in [7, 11) is 0. The monoisotopic (exact) mass is 167 g/mol. The number of esters is 1. The van der Waals surface area contributed by atoms with E-state index in [2.05, 4.69) is 4.74 Å². The van der Waals surface area contributed by atoms with E-state index in [1.165, 1.54) is 0 Å². The number of hydrogen-bond donors (Lipinski definition) is 0. The van der Waals surface area contributed by atoms with Crippen LogP contribution in [0.5, 0.6) is 0 Å². The number of allylic oxidation sites excluding steroid dienone is 1. The quantitative estimate of drug-likeness (QED) is 0.569. The van der Waals surface area contributed by atoms with E-state index in [0.29, 0.717) is 6.61 Å². The summed E-state index contributed by atoms with van der Waals surface area (Å²) in [5, 5.41) is 8.13. The van der Waals surface area contributed by atoms with Crippen LogP contribution in [0.25, 0.3) is 0 Å². The maximum Gasteiger partial charge on any atom is 0.374 e. The molecule has 0 radical (unpaired) electrons. The van der Waals surface area contributed by atoms with E-state index in [4.69, 9.17) is 10.00 Å². The van der Waals surface area contributed by atoms with Gasteiger partial charge in [0.2, 0.25) is 5.76 Å². The van der Waals surface area contributed by atoms with Gasteiger partial charge >= 0.3 is 5.97 Å². The molecule has 0 atom stereocenters. The van der Waals surface area contributed by atoms with Crippen molar-refractivity contribution >= 4 is 5.97 Å². The molecule has 0 aromatic carbocycles. The molecular formula is C8H9NO3. The number of carbonyl (C=O) groups is 1. The second kappa shape index (κ2) is 4.39. The summed E-state index contributed by atoms with van der Waals surface area (Å²) in [5.41, 5.74) is 0. The molecule has 0 saturated heterocycles. The third kappa shape index (κ3) is 2.27. The number of nitrogens with zero attached hydrogens (tertiary/aromatic N) is 1. The highest BCUT2D eigenvalue weighted by Gasteiger charge is 2.14. The Kier molecular flexibility index (Phi) is 3.15. The second-order valence-electron chi connectivity index (χ2n) is 2.29. The summed E-state index contributed by atoms with van der Waals surface area (Å²) < 4.78 is 9.55. The highest BCUT2D eigenvalue weighted by molar-refractivity contribution is 5.86. The summed E-state index contributed by atoms with van der Waals surface area (Å²) in [5.74, 6) is -0.312. The first-order valence-electron chi connectivity index (χ1n) is 3.71. The predicted molar refractivity (Wildman–Crippen MR) is 39.8 cm³/mol. The van der Waals surface area contributed by atoms with Crippen molar-refractivity contribution in [2.24, 2.45) is 0 Å². The van der Waals surface area contributed by atoms with E-state index in [0.717, 1.165) is 12.8 Å². The summed E-state index contributed by atoms with van der Waals surface area (Å²) in [4.78, 5) is 11.0. The number of ether oxygens (including phenoxy) is 2. The molecule has 1 rings (SSSR count). The van der Waals surface area contributed by atoms with Gasteiger partial charge in [0.1, 0.15) is 6.07 Å². The lowest BCUT2D eigenvalue weighted by molar-refractivity contribution is -0.142. The van der Waals surface area contributed by atoms with Crippen molar-refractivity contribution in [3.8, 4) is 6.07 Å². The second-order valence-corrected chi connectivity index (χ2v) is 2.29. The minimum Gasteiger partial charge on any atom is -0.487 e. The van der Waals surface area contributed by atoms with Crippen LogP contribution in [0, 0.1) is 11.3 Å². The van der Waals surface area contributed by atoms with Gasteiger partial charge in [-0.25, -0.2) is 4.79 Å². The molecule has 1 aliphatic heterocycles. The van der Waals surface area contributed by atoms with Gasteiger partial charge < -0.3 is 9.47 Å². The average Bonchev–Trinajstić information content (AvgIpc) is 2.15. The smallest absolute Gasteiger partial charge is 0.374 e. The molecule has 0 bridgehead atoms. The van der Waals surface area contributed by atoms with Crippen LogP contribution >= 0.6 is 0 Å². The molecule has 4 heteroatoms. The Balaban J connectivity index is 2.41. The molecule has 0 aliphatic carbocycles. The zero-order valence-corrected chi connectivity index (χ0v) is 6.58. The highest BCUT2D eigenvalue weighted by Crippen LogP contribution is 2.10. The Morgan fingerprint density at radius 1 is 1.83 bits per heavy atom. The largest absolute Gasteiger partial charge is 0.487 e. The topological polar surface area (TPSA) is 59.3 Å². The summed E-state index contributed by atoms with van der Waals surface area (Å²) in [6, 6.07) is 1.71. The average molecular weight is 167 g/mol. The molecule has 1 aliphatic rings. The Labute approximate surface area is 70.4 Å². The Bertz CT molecular complexity index is 239. The van der Waals surface area contributed by atoms with Crippen molar-refractivity contribution in [3.05, 3.63) is 11.8 Å². The van der Waals surface area contributed by atoms with E-state index in [1.54, 1.807) is 12.1 Å². The number of rotatable bonds is 2. The first-order valence-corrected chi connectivity index (χ1v) is 3.71. The molecule has 0 spiro atoms. The third-order valence-corrected chi connectivity index (χ3v) is 1.40. The first kappa shape index (κ1) is 8.60. The van der Waals surface area contributed by atoms with Crippen molar-refractivity contribution in [1.29, 1.82) is 5.26 Å². The molecule has 0 saturated carbocycles. The van der Waals surface area contributed by atoms with E-state index in [-0.39, 0.29) is 12.4 Å². The van der Waals surface area contributed by atoms with Crippen LogP contribution in [0.2, 0.25) is 0 Å². The van der Waals surface area contributed by atoms with Gasteiger partial charge in [-0.05, 0) is 18.9 Å². The van der Waals surface area contributed by atoms with Gasteiger partial charge in [0.05, 0.1) is 6.61 Å². The maximum atomic E-state index is 11.0. The van der Waals surface area contributed by atoms with E-state index < -0.39 is 5.97 Å². The minimum atomic E-state index is -0.545. The SMILES string of the molecule is N#CCOC(=O)C1=CCCCO1. The van der Waals surface area contributed by atoms with Crippen LogP contribution in [-0.4, -0.2) is 19.2 Å². The molecule has 0 aromatic rings. The van der Waals surface area contributed by atoms with Gasteiger partial charge in [0, 0.05) is 0 Å². The standard InChI is InChI=1S/C8H9NO3/c9-4-6-12-8(10)7-3-1-2-5-11-7/h3H,1-2,5-6H2. The fraction of sp³-hybridized carbons (Fsp3) is 0.500. The van der Waals surface area contributed by atoms with Crippen LogP contribution in [0.1, 0.15) is 12.8 Å². The number of hydrogen-bond acceptors (Lipinski definition) is 4. The number of carbonyl (C=O) groups excluding carboxylic acids is 1. The predicted octanol–water partition coefficient (Wildman–Crippen LogP) is 0.747. The van der Waals surface area contributed by atoms with Crippen molar-refractivity contribution < 1.29 is 14.3 Å². The maximum absolute atomic E-state index is 11.0. The molecular weight excluding hydrogens is 158 g/mol. The Hall–Kier alpha value is -1.50. The molecule has 12 heavy (non-hydrogen) atoms. The summed E-state index contributed by atoms with van der Waals surface area (Å²) in [6.07, 6.45) is 3.44. The molecule has 0 aromatic heterocycles. The van der Waals surface area contributed by atoms with Gasteiger partial charge in [-0.2, -0.15) is 5.26 Å². The van der Waals surface area contributed by atoms with Crippen LogP contribution in [0.15, 0.2) is 11.8 Å². The summed E-state index contributed by atoms with van der Waals surface area (Å²) >= 11 is 0. The van der Waals surface area contributed by atoms with Gasteiger partial charge in [0.15, 0.2) is 6.61 Å². The molecule has 0 fully saturated rings. The summed E-state index contributed by atoms with van der Waals surface area (Å²) in [6.45, 7) is 0.326. The van der Waals surface area contributed by atoms with Crippen LogP contribution in [-0.2, 0) is 14.3 Å². The molecule has 1 heterocycles.